The third-order valence-corrected chi connectivity index (χ3v) is 5.85. The van der Waals surface area contributed by atoms with E-state index in [1.807, 2.05) is 17.0 Å². The van der Waals surface area contributed by atoms with Gasteiger partial charge in [-0.25, -0.2) is 4.39 Å². The molecule has 0 aliphatic carbocycles. The minimum Gasteiger partial charge on any atom is -0.336 e. The van der Waals surface area contributed by atoms with Crippen molar-refractivity contribution in [1.29, 1.82) is 0 Å². The molecule has 1 aliphatic rings. The van der Waals surface area contributed by atoms with Crippen LogP contribution in [-0.4, -0.2) is 52.0 Å². The second-order valence-corrected chi connectivity index (χ2v) is 8.25. The highest BCUT2D eigenvalue weighted by Gasteiger charge is 2.23. The summed E-state index contributed by atoms with van der Waals surface area (Å²) < 4.78 is 18.4. The molecule has 32 heavy (non-hydrogen) atoms. The van der Waals surface area contributed by atoms with E-state index in [-0.39, 0.29) is 11.7 Å². The molecule has 0 bridgehead atoms. The van der Waals surface area contributed by atoms with Gasteiger partial charge >= 0.3 is 0 Å². The molecule has 1 amide bonds. The minimum absolute atomic E-state index is 0.0860. The smallest absolute Gasteiger partial charge is 0.257 e. The number of amides is 1. The van der Waals surface area contributed by atoms with E-state index in [1.165, 1.54) is 37.0 Å². The number of carbonyl (C=O) groups is 1. The van der Waals surface area contributed by atoms with Gasteiger partial charge in [0.2, 0.25) is 0 Å². The predicted molar refractivity (Wildman–Crippen MR) is 121 cm³/mol. The van der Waals surface area contributed by atoms with Gasteiger partial charge in [0.25, 0.3) is 11.8 Å². The summed E-state index contributed by atoms with van der Waals surface area (Å²) in [6.07, 6.45) is 4.71. The van der Waals surface area contributed by atoms with Crippen LogP contribution in [0.1, 0.15) is 47.9 Å². The molecule has 1 aromatic heterocycles. The van der Waals surface area contributed by atoms with Crippen LogP contribution in [0.5, 0.6) is 0 Å². The van der Waals surface area contributed by atoms with Gasteiger partial charge in [-0.05, 0) is 54.8 Å². The zero-order chi connectivity index (χ0) is 22.3. The number of hydrogen-bond donors (Lipinski definition) is 0. The minimum atomic E-state index is -0.302. The Bertz CT molecular complexity index is 1010. The van der Waals surface area contributed by atoms with Crippen LogP contribution in [0.3, 0.4) is 0 Å². The first-order valence-corrected chi connectivity index (χ1v) is 11.3. The zero-order valence-corrected chi connectivity index (χ0v) is 18.5. The van der Waals surface area contributed by atoms with Crippen molar-refractivity contribution in [2.75, 3.05) is 26.2 Å². The van der Waals surface area contributed by atoms with Gasteiger partial charge in [0.05, 0.1) is 6.54 Å². The molecular weight excluding hydrogens is 407 g/mol. The van der Waals surface area contributed by atoms with Crippen LogP contribution >= 0.6 is 0 Å². The monoisotopic (exact) mass is 436 g/mol. The van der Waals surface area contributed by atoms with E-state index in [0.29, 0.717) is 36.9 Å². The summed E-state index contributed by atoms with van der Waals surface area (Å²) in [7, 11) is 0. The first-order valence-electron chi connectivity index (χ1n) is 11.3. The average molecular weight is 437 g/mol. The number of hydrogen-bond acceptors (Lipinski definition) is 5. The first kappa shape index (κ1) is 22.1. The summed E-state index contributed by atoms with van der Waals surface area (Å²) in [5.41, 5.74) is 2.73. The fraction of sp³-hybridized carbons (Fsp3) is 0.400. The summed E-state index contributed by atoms with van der Waals surface area (Å²) in [5, 5.41) is 4.04. The van der Waals surface area contributed by atoms with Crippen molar-refractivity contribution >= 4 is 5.91 Å². The lowest BCUT2D eigenvalue weighted by molar-refractivity contribution is 0.0624. The molecule has 2 aromatic carbocycles. The van der Waals surface area contributed by atoms with Crippen LogP contribution in [0.15, 0.2) is 53.1 Å². The predicted octanol–water partition coefficient (Wildman–Crippen LogP) is 4.57. The quantitative estimate of drug-likeness (QED) is 0.484. The van der Waals surface area contributed by atoms with Crippen molar-refractivity contribution in [2.45, 2.75) is 39.2 Å². The summed E-state index contributed by atoms with van der Waals surface area (Å²) in [5.74, 6) is 0.751. The van der Waals surface area contributed by atoms with E-state index in [9.17, 15) is 9.18 Å². The summed E-state index contributed by atoms with van der Waals surface area (Å²) in [6, 6.07) is 14.0. The maximum absolute atomic E-state index is 13.1. The van der Waals surface area contributed by atoms with E-state index in [4.69, 9.17) is 4.52 Å². The second kappa shape index (κ2) is 10.5. The Labute approximate surface area is 188 Å². The van der Waals surface area contributed by atoms with Crippen LogP contribution in [-0.2, 0) is 13.0 Å². The number of aryl methyl sites for hydroxylation is 1. The van der Waals surface area contributed by atoms with Crippen molar-refractivity contribution in [1.82, 2.24) is 19.9 Å². The highest BCUT2D eigenvalue weighted by molar-refractivity contribution is 5.94. The zero-order valence-electron chi connectivity index (χ0n) is 18.5. The van der Waals surface area contributed by atoms with Crippen LogP contribution in [0.4, 0.5) is 4.39 Å². The molecule has 6 nitrogen and oxygen atoms in total. The van der Waals surface area contributed by atoms with Gasteiger partial charge in [-0.3, -0.25) is 9.69 Å². The van der Waals surface area contributed by atoms with E-state index in [0.717, 1.165) is 25.1 Å². The highest BCUT2D eigenvalue weighted by Crippen LogP contribution is 2.18. The Kier molecular flexibility index (Phi) is 7.27. The Morgan fingerprint density at radius 2 is 1.72 bits per heavy atom. The number of halogens is 1. The number of nitrogens with zero attached hydrogens (tertiary/aromatic N) is 4. The van der Waals surface area contributed by atoms with Gasteiger partial charge < -0.3 is 9.42 Å². The highest BCUT2D eigenvalue weighted by atomic mass is 19.1. The van der Waals surface area contributed by atoms with Crippen molar-refractivity contribution in [3.05, 3.63) is 71.3 Å². The fourth-order valence-electron chi connectivity index (χ4n) is 3.91. The molecule has 4 rings (SSSR count). The molecule has 1 fully saturated rings. The topological polar surface area (TPSA) is 62.5 Å². The van der Waals surface area contributed by atoms with E-state index in [2.05, 4.69) is 34.1 Å². The fourth-order valence-corrected chi connectivity index (χ4v) is 3.91. The molecule has 1 saturated heterocycles. The van der Waals surface area contributed by atoms with E-state index >= 15 is 0 Å². The maximum atomic E-state index is 13.1. The van der Waals surface area contributed by atoms with Crippen molar-refractivity contribution < 1.29 is 13.7 Å². The van der Waals surface area contributed by atoms with E-state index in [1.54, 1.807) is 12.1 Å². The van der Waals surface area contributed by atoms with Crippen LogP contribution < -0.4 is 0 Å². The third kappa shape index (κ3) is 5.59. The van der Waals surface area contributed by atoms with Gasteiger partial charge in [0, 0.05) is 37.3 Å². The van der Waals surface area contributed by atoms with Gasteiger partial charge in [-0.2, -0.15) is 4.98 Å². The molecule has 0 radical (unpaired) electrons. The number of piperazine rings is 1. The molecular formula is C25H29FN4O2. The molecule has 0 N–H and O–H groups in total. The third-order valence-electron chi connectivity index (χ3n) is 5.85. The Balaban J connectivity index is 1.27. The van der Waals surface area contributed by atoms with Crippen molar-refractivity contribution in [3.8, 4) is 11.5 Å². The number of benzene rings is 2. The molecule has 0 unspecified atom stereocenters. The second-order valence-electron chi connectivity index (χ2n) is 8.25. The number of carbonyl (C=O) groups excluding carboxylic acids is 1. The molecule has 0 atom stereocenters. The summed E-state index contributed by atoms with van der Waals surface area (Å²) in [4.78, 5) is 21.4. The molecule has 168 valence electrons. The molecule has 2 heterocycles. The molecule has 0 spiro atoms. The Morgan fingerprint density at radius 1 is 1.00 bits per heavy atom. The van der Waals surface area contributed by atoms with Gasteiger partial charge in [-0.15, -0.1) is 0 Å². The van der Waals surface area contributed by atoms with Crippen LogP contribution in [0, 0.1) is 5.82 Å². The van der Waals surface area contributed by atoms with Crippen molar-refractivity contribution in [3.63, 3.8) is 0 Å². The lowest BCUT2D eigenvalue weighted by Gasteiger charge is -2.34. The molecule has 3 aromatic rings. The Morgan fingerprint density at radius 3 is 2.41 bits per heavy atom. The molecule has 0 saturated carbocycles. The number of aromatic nitrogens is 2. The van der Waals surface area contributed by atoms with Gasteiger partial charge in [-0.1, -0.05) is 37.1 Å². The largest absolute Gasteiger partial charge is 0.336 e. The van der Waals surface area contributed by atoms with Crippen LogP contribution in [0.2, 0.25) is 0 Å². The normalized spacial score (nSPS) is 14.6. The first-order chi connectivity index (χ1) is 15.6. The number of rotatable bonds is 8. The average Bonchev–Trinajstić information content (AvgIpc) is 3.29. The summed E-state index contributed by atoms with van der Waals surface area (Å²) in [6.45, 7) is 5.59. The van der Waals surface area contributed by atoms with Gasteiger partial charge in [0.15, 0.2) is 5.82 Å². The van der Waals surface area contributed by atoms with E-state index < -0.39 is 0 Å². The van der Waals surface area contributed by atoms with Gasteiger partial charge in [0.1, 0.15) is 5.82 Å². The lowest BCUT2D eigenvalue weighted by Crippen LogP contribution is -2.48. The van der Waals surface area contributed by atoms with Crippen LogP contribution in [0.25, 0.3) is 11.5 Å². The summed E-state index contributed by atoms with van der Waals surface area (Å²) >= 11 is 0. The SMILES string of the molecule is CCCCCc1ccc(C(=O)N2CCN(Cc3noc(-c4ccc(F)cc4)n3)CC2)cc1. The molecule has 7 heteroatoms. The Hall–Kier alpha value is -3.06. The number of unbranched alkanes of at least 4 members (excludes halogenated alkanes) is 2. The van der Waals surface area contributed by atoms with Crippen molar-refractivity contribution in [2.24, 2.45) is 0 Å². The molecule has 1 aliphatic heterocycles. The standard InChI is InChI=1S/C25H29FN4O2/c1-2-3-4-5-19-6-8-21(9-7-19)25(31)30-16-14-29(15-17-30)18-23-27-24(32-28-23)20-10-12-22(26)13-11-20/h6-13H,2-5,14-18H2,1H3. The maximum Gasteiger partial charge on any atom is 0.257 e. The lowest BCUT2D eigenvalue weighted by atomic mass is 10.0.